The van der Waals surface area contributed by atoms with Gasteiger partial charge in [-0.3, -0.25) is 0 Å². The molecule has 0 aliphatic carbocycles. The van der Waals surface area contributed by atoms with Gasteiger partial charge in [0.15, 0.2) is 11.6 Å². The first-order valence-electron chi connectivity index (χ1n) is 6.90. The third-order valence-corrected chi connectivity index (χ3v) is 4.85. The van der Waals surface area contributed by atoms with Gasteiger partial charge in [0.25, 0.3) is 0 Å². The topological polar surface area (TPSA) is 76.7 Å². The van der Waals surface area contributed by atoms with Crippen LogP contribution in [-0.4, -0.2) is 36.7 Å². The van der Waals surface area contributed by atoms with Crippen molar-refractivity contribution in [1.29, 1.82) is 0 Å². The summed E-state index contributed by atoms with van der Waals surface area (Å²) in [6, 6.07) is 5.60. The van der Waals surface area contributed by atoms with Crippen molar-refractivity contribution in [3.8, 4) is 17.1 Å². The zero-order chi connectivity index (χ0) is 16.4. The maximum Gasteiger partial charge on any atom is 0.163 e. The van der Waals surface area contributed by atoms with Crippen molar-refractivity contribution in [1.82, 2.24) is 25.0 Å². The van der Waals surface area contributed by atoms with Gasteiger partial charge in [-0.1, -0.05) is 11.6 Å². The Hall–Kier alpha value is -1.83. The number of benzene rings is 1. The van der Waals surface area contributed by atoms with Crippen LogP contribution in [0.2, 0.25) is 5.02 Å². The van der Waals surface area contributed by atoms with Crippen molar-refractivity contribution in [2.45, 2.75) is 13.3 Å². The summed E-state index contributed by atoms with van der Waals surface area (Å²) in [5.74, 6) is 1.19. The van der Waals surface area contributed by atoms with E-state index >= 15 is 0 Å². The number of nitrogens with zero attached hydrogens (tertiary/aromatic N) is 5. The molecule has 0 aliphatic rings. The average molecular weight is 395 g/mol. The summed E-state index contributed by atoms with van der Waals surface area (Å²) in [5.41, 5.74) is 2.58. The standard InChI is InChI=1S/C15H13BrClN5O/c1-9-6-10(7-12(17)14(9)16)15-20-13(3-5-23)21-22(15)11-2-4-18-19-8-11/h2,4,6-8,23H,3,5H2,1H3. The van der Waals surface area contributed by atoms with Crippen LogP contribution in [0.5, 0.6) is 0 Å². The molecule has 2 aromatic heterocycles. The number of aryl methyl sites for hydroxylation is 1. The predicted octanol–water partition coefficient (Wildman–Crippen LogP) is 2.98. The van der Waals surface area contributed by atoms with E-state index in [4.69, 9.17) is 16.7 Å². The lowest BCUT2D eigenvalue weighted by molar-refractivity contribution is 0.296. The Morgan fingerprint density at radius 3 is 2.78 bits per heavy atom. The minimum Gasteiger partial charge on any atom is -0.396 e. The lowest BCUT2D eigenvalue weighted by Crippen LogP contribution is -2.01. The van der Waals surface area contributed by atoms with E-state index in [9.17, 15) is 0 Å². The van der Waals surface area contributed by atoms with E-state index in [1.54, 1.807) is 23.1 Å². The van der Waals surface area contributed by atoms with Crippen LogP contribution in [0.1, 0.15) is 11.4 Å². The van der Waals surface area contributed by atoms with Gasteiger partial charge >= 0.3 is 0 Å². The van der Waals surface area contributed by atoms with E-state index in [1.165, 1.54) is 0 Å². The second-order valence-electron chi connectivity index (χ2n) is 4.93. The SMILES string of the molecule is Cc1cc(-c2nc(CCO)nn2-c2ccnnc2)cc(Cl)c1Br. The van der Waals surface area contributed by atoms with Gasteiger partial charge in [0.05, 0.1) is 29.7 Å². The molecule has 3 aromatic rings. The van der Waals surface area contributed by atoms with E-state index < -0.39 is 0 Å². The summed E-state index contributed by atoms with van der Waals surface area (Å²) in [5, 5.41) is 21.9. The number of hydrogen-bond donors (Lipinski definition) is 1. The highest BCUT2D eigenvalue weighted by Gasteiger charge is 2.16. The Labute approximate surface area is 146 Å². The molecule has 0 aliphatic heterocycles. The molecule has 2 heterocycles. The summed E-state index contributed by atoms with van der Waals surface area (Å²) in [7, 11) is 0. The normalized spacial score (nSPS) is 11.0. The highest BCUT2D eigenvalue weighted by atomic mass is 79.9. The van der Waals surface area contributed by atoms with Gasteiger partial charge in [0, 0.05) is 16.5 Å². The number of aliphatic hydroxyl groups is 1. The zero-order valence-electron chi connectivity index (χ0n) is 12.2. The van der Waals surface area contributed by atoms with Gasteiger partial charge < -0.3 is 5.11 Å². The van der Waals surface area contributed by atoms with E-state index in [-0.39, 0.29) is 6.61 Å². The van der Waals surface area contributed by atoms with E-state index in [1.807, 2.05) is 19.1 Å². The fourth-order valence-electron chi connectivity index (χ4n) is 2.19. The molecule has 6 nitrogen and oxygen atoms in total. The molecule has 0 radical (unpaired) electrons. The van der Waals surface area contributed by atoms with Gasteiger partial charge in [0.1, 0.15) is 0 Å². The van der Waals surface area contributed by atoms with Gasteiger partial charge in [0.2, 0.25) is 0 Å². The molecule has 1 aromatic carbocycles. The van der Waals surface area contributed by atoms with Crippen LogP contribution in [0.25, 0.3) is 17.1 Å². The molecule has 3 rings (SSSR count). The number of hydrogen-bond acceptors (Lipinski definition) is 5. The molecule has 0 atom stereocenters. The molecular weight excluding hydrogens is 382 g/mol. The van der Waals surface area contributed by atoms with Crippen molar-refractivity contribution >= 4 is 27.5 Å². The van der Waals surface area contributed by atoms with Gasteiger partial charge in [-0.15, -0.1) is 0 Å². The summed E-state index contributed by atoms with van der Waals surface area (Å²) in [4.78, 5) is 4.53. The summed E-state index contributed by atoms with van der Waals surface area (Å²) in [6.45, 7) is 1.95. The average Bonchev–Trinajstić information content (AvgIpc) is 2.97. The Morgan fingerprint density at radius 2 is 2.13 bits per heavy atom. The Kier molecular flexibility index (Phi) is 4.70. The lowest BCUT2D eigenvalue weighted by Gasteiger charge is -2.08. The summed E-state index contributed by atoms with van der Waals surface area (Å²) < 4.78 is 2.54. The van der Waals surface area contributed by atoms with Gasteiger partial charge in [-0.2, -0.15) is 15.3 Å². The maximum atomic E-state index is 9.15. The first-order chi connectivity index (χ1) is 11.1. The molecular formula is C15H13BrClN5O. The van der Waals surface area contributed by atoms with Crippen molar-refractivity contribution in [3.05, 3.63) is 51.5 Å². The second-order valence-corrected chi connectivity index (χ2v) is 6.13. The van der Waals surface area contributed by atoms with Crippen molar-refractivity contribution in [3.63, 3.8) is 0 Å². The molecule has 0 saturated carbocycles. The quantitative estimate of drug-likeness (QED) is 0.736. The first kappa shape index (κ1) is 16.0. The number of halogens is 2. The molecule has 0 bridgehead atoms. The molecule has 0 fully saturated rings. The first-order valence-corrected chi connectivity index (χ1v) is 8.07. The molecule has 0 spiro atoms. The molecule has 118 valence electrons. The highest BCUT2D eigenvalue weighted by molar-refractivity contribution is 9.10. The number of aromatic nitrogens is 5. The third-order valence-electron chi connectivity index (χ3n) is 3.27. The number of rotatable bonds is 4. The Morgan fingerprint density at radius 1 is 1.30 bits per heavy atom. The largest absolute Gasteiger partial charge is 0.396 e. The maximum absolute atomic E-state index is 9.15. The molecule has 0 amide bonds. The van der Waals surface area contributed by atoms with Gasteiger partial charge in [-0.25, -0.2) is 9.67 Å². The van der Waals surface area contributed by atoms with Crippen molar-refractivity contribution < 1.29 is 5.11 Å². The van der Waals surface area contributed by atoms with E-state index in [2.05, 4.69) is 36.2 Å². The van der Waals surface area contributed by atoms with Crippen LogP contribution < -0.4 is 0 Å². The third kappa shape index (κ3) is 3.26. The van der Waals surface area contributed by atoms with E-state index in [0.29, 0.717) is 23.1 Å². The minimum absolute atomic E-state index is 0.0157. The Balaban J connectivity index is 2.18. The molecule has 23 heavy (non-hydrogen) atoms. The highest BCUT2D eigenvalue weighted by Crippen LogP contribution is 2.32. The van der Waals surface area contributed by atoms with E-state index in [0.717, 1.165) is 21.3 Å². The van der Waals surface area contributed by atoms with Gasteiger partial charge in [-0.05, 0) is 46.6 Å². The second kappa shape index (κ2) is 6.74. The molecule has 1 N–H and O–H groups in total. The van der Waals surface area contributed by atoms with Crippen molar-refractivity contribution in [2.75, 3.05) is 6.61 Å². The molecule has 0 unspecified atom stereocenters. The minimum atomic E-state index is -0.0157. The van der Waals surface area contributed by atoms with Crippen molar-refractivity contribution in [2.24, 2.45) is 0 Å². The fourth-order valence-corrected chi connectivity index (χ4v) is 2.69. The monoisotopic (exact) mass is 393 g/mol. The lowest BCUT2D eigenvalue weighted by atomic mass is 10.1. The summed E-state index contributed by atoms with van der Waals surface area (Å²) in [6.07, 6.45) is 3.57. The van der Waals surface area contributed by atoms with Crippen LogP contribution in [-0.2, 0) is 6.42 Å². The molecule has 8 heteroatoms. The smallest absolute Gasteiger partial charge is 0.163 e. The molecule has 0 saturated heterocycles. The Bertz CT molecular complexity index is 814. The van der Waals surface area contributed by atoms with Crippen LogP contribution in [0.15, 0.2) is 35.1 Å². The fraction of sp³-hybridized carbons (Fsp3) is 0.200. The van der Waals surface area contributed by atoms with Crippen LogP contribution in [0, 0.1) is 6.92 Å². The number of aliphatic hydroxyl groups excluding tert-OH is 1. The van der Waals surface area contributed by atoms with Crippen LogP contribution in [0.4, 0.5) is 0 Å². The van der Waals surface area contributed by atoms with Crippen LogP contribution in [0.3, 0.4) is 0 Å². The summed E-state index contributed by atoms with van der Waals surface area (Å²) >= 11 is 9.72. The van der Waals surface area contributed by atoms with Crippen LogP contribution >= 0.6 is 27.5 Å². The zero-order valence-corrected chi connectivity index (χ0v) is 14.6. The predicted molar refractivity (Wildman–Crippen MR) is 90.6 cm³/mol.